The zero-order chi connectivity index (χ0) is 15.5. The first-order valence-corrected chi connectivity index (χ1v) is 6.95. The number of rotatable bonds is 4. The summed E-state index contributed by atoms with van der Waals surface area (Å²) in [4.78, 5) is 16.2. The van der Waals surface area contributed by atoms with Crippen molar-refractivity contribution in [1.82, 2.24) is 15.5 Å². The lowest BCUT2D eigenvalue weighted by Crippen LogP contribution is -2.26. The molecule has 2 heterocycles. The Morgan fingerprint density at radius 1 is 1.32 bits per heavy atom. The Morgan fingerprint density at radius 3 is 2.91 bits per heavy atom. The molecular weight excluding hydrogens is 306 g/mol. The molecule has 0 aliphatic rings. The Hall–Kier alpha value is -2.60. The minimum absolute atomic E-state index is 0.224. The maximum atomic E-state index is 11.9. The predicted octanol–water partition coefficient (Wildman–Crippen LogP) is 3.47. The van der Waals surface area contributed by atoms with E-state index in [1.54, 1.807) is 37.3 Å². The van der Waals surface area contributed by atoms with Gasteiger partial charge in [-0.2, -0.15) is 4.98 Å². The molecule has 6 nitrogen and oxygen atoms in total. The number of carbonyl (C=O) groups is 1. The number of carbonyl (C=O) groups excluding carboxylic acids is 1. The van der Waals surface area contributed by atoms with Gasteiger partial charge in [0.05, 0.1) is 6.26 Å². The summed E-state index contributed by atoms with van der Waals surface area (Å²) in [5.41, 5.74) is 0.743. The van der Waals surface area contributed by atoms with E-state index in [9.17, 15) is 4.79 Å². The average molecular weight is 318 g/mol. The van der Waals surface area contributed by atoms with Gasteiger partial charge in [0.1, 0.15) is 6.04 Å². The number of aromatic nitrogens is 2. The first-order valence-electron chi connectivity index (χ1n) is 6.57. The quantitative estimate of drug-likeness (QED) is 0.796. The maximum Gasteiger partial charge on any atom is 0.287 e. The molecular formula is C15H12ClN3O3. The van der Waals surface area contributed by atoms with Gasteiger partial charge in [-0.15, -0.1) is 0 Å². The maximum absolute atomic E-state index is 11.9. The number of furan rings is 1. The fourth-order valence-electron chi connectivity index (χ4n) is 1.89. The first-order chi connectivity index (χ1) is 10.6. The summed E-state index contributed by atoms with van der Waals surface area (Å²) in [6.07, 6.45) is 1.43. The first kappa shape index (κ1) is 14.3. The molecule has 1 atom stereocenters. The summed E-state index contributed by atoms with van der Waals surface area (Å²) >= 11 is 5.94. The lowest BCUT2D eigenvalue weighted by Gasteiger charge is -2.07. The Labute approximate surface area is 131 Å². The average Bonchev–Trinajstić information content (AvgIpc) is 3.19. The van der Waals surface area contributed by atoms with Gasteiger partial charge in [0.15, 0.2) is 5.76 Å². The monoisotopic (exact) mass is 317 g/mol. The van der Waals surface area contributed by atoms with Crippen molar-refractivity contribution in [2.45, 2.75) is 13.0 Å². The van der Waals surface area contributed by atoms with Gasteiger partial charge in [-0.05, 0) is 31.2 Å². The Bertz CT molecular complexity index is 783. The van der Waals surface area contributed by atoms with Gasteiger partial charge in [-0.1, -0.05) is 28.9 Å². The number of nitrogens with one attached hydrogen (secondary N) is 1. The second-order valence-corrected chi connectivity index (χ2v) is 5.08. The minimum atomic E-state index is -0.446. The Balaban J connectivity index is 1.74. The molecule has 112 valence electrons. The van der Waals surface area contributed by atoms with Gasteiger partial charge in [-0.3, -0.25) is 4.79 Å². The third-order valence-corrected chi connectivity index (χ3v) is 3.22. The van der Waals surface area contributed by atoms with E-state index in [1.165, 1.54) is 6.26 Å². The van der Waals surface area contributed by atoms with Crippen LogP contribution in [0, 0.1) is 0 Å². The molecule has 0 fully saturated rings. The summed E-state index contributed by atoms with van der Waals surface area (Å²) in [5, 5.41) is 7.21. The van der Waals surface area contributed by atoms with Crippen LogP contribution in [-0.4, -0.2) is 16.0 Å². The summed E-state index contributed by atoms with van der Waals surface area (Å²) in [6.45, 7) is 1.75. The van der Waals surface area contributed by atoms with Crippen molar-refractivity contribution < 1.29 is 13.7 Å². The molecule has 0 radical (unpaired) electrons. The van der Waals surface area contributed by atoms with Gasteiger partial charge in [0.25, 0.3) is 5.91 Å². The Morgan fingerprint density at radius 2 is 2.18 bits per heavy atom. The number of benzene rings is 1. The van der Waals surface area contributed by atoms with Crippen molar-refractivity contribution in [1.29, 1.82) is 0 Å². The molecule has 0 spiro atoms. The topological polar surface area (TPSA) is 81.2 Å². The van der Waals surface area contributed by atoms with Gasteiger partial charge < -0.3 is 14.3 Å². The van der Waals surface area contributed by atoms with Crippen LogP contribution in [0.5, 0.6) is 0 Å². The molecule has 2 aromatic heterocycles. The molecule has 0 saturated carbocycles. The molecule has 7 heteroatoms. The second-order valence-electron chi connectivity index (χ2n) is 4.64. The van der Waals surface area contributed by atoms with Crippen molar-refractivity contribution in [3.8, 4) is 11.4 Å². The highest BCUT2D eigenvalue weighted by molar-refractivity contribution is 6.30. The molecule has 0 aliphatic carbocycles. The lowest BCUT2D eigenvalue weighted by molar-refractivity contribution is 0.0904. The molecule has 1 N–H and O–H groups in total. The number of halogens is 1. The standard InChI is InChI=1S/C15H12ClN3O3/c1-9(17-14(20)12-6-3-7-21-12)15-18-13(19-22-15)10-4-2-5-11(16)8-10/h2-9H,1H3,(H,17,20)/t9-/m1/s1. The summed E-state index contributed by atoms with van der Waals surface area (Å²) in [6, 6.07) is 9.90. The minimum Gasteiger partial charge on any atom is -0.459 e. The molecule has 22 heavy (non-hydrogen) atoms. The van der Waals surface area contributed by atoms with E-state index in [-0.39, 0.29) is 11.7 Å². The van der Waals surface area contributed by atoms with Gasteiger partial charge in [0.2, 0.25) is 11.7 Å². The van der Waals surface area contributed by atoms with Gasteiger partial charge in [0, 0.05) is 10.6 Å². The highest BCUT2D eigenvalue weighted by Gasteiger charge is 2.19. The van der Waals surface area contributed by atoms with Crippen LogP contribution in [-0.2, 0) is 0 Å². The van der Waals surface area contributed by atoms with Gasteiger partial charge >= 0.3 is 0 Å². The van der Waals surface area contributed by atoms with Crippen LogP contribution in [0.3, 0.4) is 0 Å². The number of hydrogen-bond donors (Lipinski definition) is 1. The second kappa shape index (κ2) is 6.03. The molecule has 1 aromatic carbocycles. The fourth-order valence-corrected chi connectivity index (χ4v) is 2.08. The van der Waals surface area contributed by atoms with E-state index < -0.39 is 6.04 Å². The van der Waals surface area contributed by atoms with Crippen LogP contribution in [0.25, 0.3) is 11.4 Å². The SMILES string of the molecule is C[C@@H](NC(=O)c1ccco1)c1nc(-c2cccc(Cl)c2)no1. The molecule has 1 amide bonds. The summed E-state index contributed by atoms with van der Waals surface area (Å²) in [7, 11) is 0. The van der Waals surface area contributed by atoms with E-state index >= 15 is 0 Å². The van der Waals surface area contributed by atoms with Crippen LogP contribution >= 0.6 is 11.6 Å². The summed E-state index contributed by atoms with van der Waals surface area (Å²) in [5.74, 6) is 0.591. The van der Waals surface area contributed by atoms with Crippen molar-refractivity contribution in [3.63, 3.8) is 0 Å². The summed E-state index contributed by atoms with van der Waals surface area (Å²) < 4.78 is 10.2. The lowest BCUT2D eigenvalue weighted by atomic mass is 10.2. The van der Waals surface area contributed by atoms with Crippen LogP contribution in [0.4, 0.5) is 0 Å². The van der Waals surface area contributed by atoms with Gasteiger partial charge in [-0.25, -0.2) is 0 Å². The van der Waals surface area contributed by atoms with Crippen LogP contribution < -0.4 is 5.32 Å². The van der Waals surface area contributed by atoms with Crippen LogP contribution in [0.2, 0.25) is 5.02 Å². The number of amides is 1. The van der Waals surface area contributed by atoms with Crippen molar-refractivity contribution in [2.24, 2.45) is 0 Å². The van der Waals surface area contributed by atoms with Crippen molar-refractivity contribution >= 4 is 17.5 Å². The highest BCUT2D eigenvalue weighted by atomic mass is 35.5. The normalized spacial score (nSPS) is 12.1. The van der Waals surface area contributed by atoms with E-state index in [0.717, 1.165) is 5.56 Å². The molecule has 3 aromatic rings. The highest BCUT2D eigenvalue weighted by Crippen LogP contribution is 2.21. The number of hydrogen-bond acceptors (Lipinski definition) is 5. The van der Waals surface area contributed by atoms with Crippen molar-refractivity contribution in [3.05, 3.63) is 59.3 Å². The largest absolute Gasteiger partial charge is 0.459 e. The van der Waals surface area contributed by atoms with Crippen molar-refractivity contribution in [2.75, 3.05) is 0 Å². The number of nitrogens with zero attached hydrogens (tertiary/aromatic N) is 2. The van der Waals surface area contributed by atoms with Crippen LogP contribution in [0.15, 0.2) is 51.6 Å². The molecule has 3 rings (SSSR count). The smallest absolute Gasteiger partial charge is 0.287 e. The van der Waals surface area contributed by atoms with E-state index in [1.807, 2.05) is 6.07 Å². The zero-order valence-corrected chi connectivity index (χ0v) is 12.4. The zero-order valence-electron chi connectivity index (χ0n) is 11.6. The predicted molar refractivity (Wildman–Crippen MR) is 79.3 cm³/mol. The van der Waals surface area contributed by atoms with Crippen LogP contribution in [0.1, 0.15) is 29.4 Å². The fraction of sp³-hybridized carbons (Fsp3) is 0.133. The molecule has 0 bridgehead atoms. The van der Waals surface area contributed by atoms with E-state index in [4.69, 9.17) is 20.5 Å². The third-order valence-electron chi connectivity index (χ3n) is 2.99. The molecule has 0 aliphatic heterocycles. The molecule has 0 saturated heterocycles. The molecule has 0 unspecified atom stereocenters. The van der Waals surface area contributed by atoms with E-state index in [0.29, 0.717) is 16.7 Å². The third kappa shape index (κ3) is 3.01. The Kier molecular flexibility index (Phi) is 3.93. The van der Waals surface area contributed by atoms with E-state index in [2.05, 4.69) is 15.5 Å².